The Bertz CT molecular complexity index is 638. The maximum Gasteiger partial charge on any atom is 0.278 e. The topological polar surface area (TPSA) is 61.8 Å². The molecule has 0 saturated heterocycles. The van der Waals surface area contributed by atoms with E-state index in [1.165, 1.54) is 37.7 Å². The lowest BCUT2D eigenvalue weighted by Gasteiger charge is -2.18. The molecule has 184 valence electrons. The molecule has 32 heavy (non-hydrogen) atoms. The van der Waals surface area contributed by atoms with Gasteiger partial charge in [0.1, 0.15) is 11.0 Å². The van der Waals surface area contributed by atoms with Crippen LogP contribution >= 0.6 is 12.6 Å². The van der Waals surface area contributed by atoms with E-state index in [4.69, 9.17) is 9.47 Å². The molecule has 2 unspecified atom stereocenters. The van der Waals surface area contributed by atoms with Gasteiger partial charge in [-0.15, -0.1) is 0 Å². The molecule has 0 spiro atoms. The zero-order valence-electron chi connectivity index (χ0n) is 20.4. The molecular formula is C25H43NO4S2. The first-order valence-electron chi connectivity index (χ1n) is 12.2. The van der Waals surface area contributed by atoms with Crippen molar-refractivity contribution in [3.05, 3.63) is 23.8 Å². The van der Waals surface area contributed by atoms with Crippen molar-refractivity contribution in [2.24, 2.45) is 0 Å². The SMILES string of the molecule is CCCCCCCC[S+]([O-])C(C)Cc1ccc2c(c1)OCO2.CCCN(CCC)C(=O)S. The molecule has 0 fully saturated rings. The van der Waals surface area contributed by atoms with Gasteiger partial charge < -0.3 is 18.9 Å². The van der Waals surface area contributed by atoms with Crippen molar-refractivity contribution < 1.29 is 18.8 Å². The fraction of sp³-hybridized carbons (Fsp3) is 0.720. The Hall–Kier alpha value is -1.05. The molecule has 0 aromatic heterocycles. The van der Waals surface area contributed by atoms with Gasteiger partial charge in [-0.2, -0.15) is 0 Å². The fourth-order valence-corrected chi connectivity index (χ4v) is 5.03. The van der Waals surface area contributed by atoms with Crippen LogP contribution in [0.4, 0.5) is 4.79 Å². The highest BCUT2D eigenvalue weighted by Gasteiger charge is 2.19. The van der Waals surface area contributed by atoms with Crippen LogP contribution in [0.3, 0.4) is 0 Å². The van der Waals surface area contributed by atoms with E-state index in [-0.39, 0.29) is 10.5 Å². The quantitative estimate of drug-likeness (QED) is 0.183. The third kappa shape index (κ3) is 11.7. The first kappa shape index (κ1) is 29.0. The highest BCUT2D eigenvalue weighted by Crippen LogP contribution is 2.33. The van der Waals surface area contributed by atoms with Gasteiger partial charge in [0.15, 0.2) is 11.5 Å². The zero-order valence-corrected chi connectivity index (χ0v) is 22.1. The Kier molecular flexibility index (Phi) is 15.8. The largest absolute Gasteiger partial charge is 0.616 e. The summed E-state index contributed by atoms with van der Waals surface area (Å²) in [6.07, 6.45) is 10.3. The molecule has 7 heteroatoms. The van der Waals surface area contributed by atoms with Crippen LogP contribution in [0.5, 0.6) is 11.5 Å². The number of hydrogen-bond acceptors (Lipinski definition) is 4. The van der Waals surface area contributed by atoms with Gasteiger partial charge in [-0.05, 0) is 50.3 Å². The predicted molar refractivity (Wildman–Crippen MR) is 139 cm³/mol. The number of nitrogens with zero attached hydrogens (tertiary/aromatic N) is 1. The van der Waals surface area contributed by atoms with E-state index in [0.717, 1.165) is 56.0 Å². The molecule has 0 saturated carbocycles. The number of fused-ring (bicyclic) bond motifs is 1. The first-order valence-corrected chi connectivity index (χ1v) is 14.0. The predicted octanol–water partition coefficient (Wildman–Crippen LogP) is 6.61. The Morgan fingerprint density at radius 3 is 2.28 bits per heavy atom. The summed E-state index contributed by atoms with van der Waals surface area (Å²) < 4.78 is 23.0. The van der Waals surface area contributed by atoms with Crippen molar-refractivity contribution >= 4 is 29.0 Å². The molecule has 0 N–H and O–H groups in total. The minimum atomic E-state index is -0.743. The van der Waals surface area contributed by atoms with Crippen LogP contribution < -0.4 is 9.47 Å². The van der Waals surface area contributed by atoms with Crippen molar-refractivity contribution in [1.29, 1.82) is 0 Å². The molecule has 1 heterocycles. The minimum Gasteiger partial charge on any atom is -0.616 e. The molecular weight excluding hydrogens is 442 g/mol. The second-order valence-electron chi connectivity index (χ2n) is 8.32. The second-order valence-corrected chi connectivity index (χ2v) is 10.7. The molecule has 1 aromatic rings. The first-order chi connectivity index (χ1) is 15.4. The monoisotopic (exact) mass is 485 g/mol. The van der Waals surface area contributed by atoms with Crippen LogP contribution in [-0.4, -0.2) is 45.6 Å². The number of thiol groups is 1. The van der Waals surface area contributed by atoms with Crippen molar-refractivity contribution in [3.63, 3.8) is 0 Å². The van der Waals surface area contributed by atoms with Gasteiger partial charge >= 0.3 is 0 Å². The average Bonchev–Trinajstić information content (AvgIpc) is 3.24. The molecule has 1 amide bonds. The maximum atomic E-state index is 12.3. The van der Waals surface area contributed by atoms with Crippen molar-refractivity contribution in [2.45, 2.75) is 90.7 Å². The summed E-state index contributed by atoms with van der Waals surface area (Å²) in [6, 6.07) is 6.01. The van der Waals surface area contributed by atoms with E-state index in [0.29, 0.717) is 6.79 Å². The van der Waals surface area contributed by atoms with Crippen LogP contribution in [0.15, 0.2) is 18.2 Å². The molecule has 0 aliphatic carbocycles. The molecule has 0 bridgehead atoms. The van der Waals surface area contributed by atoms with Gasteiger partial charge in [0.25, 0.3) is 5.24 Å². The number of amides is 1. The Morgan fingerprint density at radius 2 is 1.66 bits per heavy atom. The number of rotatable bonds is 14. The number of carbonyl (C=O) groups excluding carboxylic acids is 1. The Balaban J connectivity index is 0.000000433. The third-order valence-electron chi connectivity index (χ3n) is 5.37. The van der Waals surface area contributed by atoms with Crippen molar-refractivity contribution in [2.75, 3.05) is 25.6 Å². The highest BCUT2D eigenvalue weighted by atomic mass is 32.2. The van der Waals surface area contributed by atoms with Crippen LogP contribution in [0.25, 0.3) is 0 Å². The molecule has 2 atom stereocenters. The number of hydrogen-bond donors (Lipinski definition) is 1. The summed E-state index contributed by atoms with van der Waals surface area (Å²) in [5.74, 6) is 2.45. The summed E-state index contributed by atoms with van der Waals surface area (Å²) in [6.45, 7) is 10.4. The van der Waals surface area contributed by atoms with Gasteiger partial charge in [0, 0.05) is 19.5 Å². The Morgan fingerprint density at radius 1 is 1.03 bits per heavy atom. The molecule has 5 nitrogen and oxygen atoms in total. The summed E-state index contributed by atoms with van der Waals surface area (Å²) in [4.78, 5) is 12.5. The molecule has 1 aliphatic heterocycles. The maximum absolute atomic E-state index is 12.3. The summed E-state index contributed by atoms with van der Waals surface area (Å²) in [5, 5.41) is 0.0831. The number of carbonyl (C=O) groups is 1. The summed E-state index contributed by atoms with van der Waals surface area (Å²) in [5.41, 5.74) is 1.17. The lowest BCUT2D eigenvalue weighted by atomic mass is 10.1. The highest BCUT2D eigenvalue weighted by molar-refractivity contribution is 7.96. The van der Waals surface area contributed by atoms with Crippen molar-refractivity contribution in [3.8, 4) is 11.5 Å². The smallest absolute Gasteiger partial charge is 0.278 e. The Labute approximate surface area is 204 Å². The fourth-order valence-electron chi connectivity index (χ4n) is 3.56. The van der Waals surface area contributed by atoms with Crippen LogP contribution in [0, 0.1) is 0 Å². The van der Waals surface area contributed by atoms with Gasteiger partial charge in [-0.25, -0.2) is 0 Å². The normalized spacial score (nSPS) is 13.8. The van der Waals surface area contributed by atoms with E-state index in [9.17, 15) is 9.35 Å². The van der Waals surface area contributed by atoms with Gasteiger partial charge in [0.05, 0.1) is 0 Å². The second kappa shape index (κ2) is 17.4. The van der Waals surface area contributed by atoms with Crippen LogP contribution in [0.1, 0.15) is 84.6 Å². The standard InChI is InChI=1S/C18H28O3S.C7H15NOS/c1-3-4-5-6-7-8-11-22(19)15(2)12-16-9-10-17-18(13-16)21-14-20-17;1-3-5-8(6-4-2)7(9)10/h9-10,13,15H,3-8,11-12,14H2,1-2H3;3-6H2,1-2H3,(H,9,10). The number of unbranched alkanes of at least 4 members (excludes halogenated alkanes) is 5. The van der Waals surface area contributed by atoms with Gasteiger partial charge in [-0.1, -0.05) is 76.3 Å². The summed E-state index contributed by atoms with van der Waals surface area (Å²) in [7, 11) is 0. The molecule has 2 rings (SSSR count). The van der Waals surface area contributed by atoms with Crippen LogP contribution in [0.2, 0.25) is 0 Å². The average molecular weight is 486 g/mol. The lowest BCUT2D eigenvalue weighted by Crippen LogP contribution is -2.27. The van der Waals surface area contributed by atoms with Crippen LogP contribution in [-0.2, 0) is 17.6 Å². The lowest BCUT2D eigenvalue weighted by molar-refractivity contribution is 0.174. The number of ether oxygens (including phenoxy) is 2. The minimum absolute atomic E-state index is 0.108. The zero-order chi connectivity index (χ0) is 23.8. The van der Waals surface area contributed by atoms with Crippen molar-refractivity contribution in [1.82, 2.24) is 4.90 Å². The van der Waals surface area contributed by atoms with E-state index in [1.54, 1.807) is 4.90 Å². The van der Waals surface area contributed by atoms with E-state index in [2.05, 4.69) is 40.3 Å². The molecule has 1 aliphatic rings. The molecule has 1 aromatic carbocycles. The van der Waals surface area contributed by atoms with E-state index >= 15 is 0 Å². The van der Waals surface area contributed by atoms with E-state index < -0.39 is 11.2 Å². The third-order valence-corrected chi connectivity index (χ3v) is 7.40. The van der Waals surface area contributed by atoms with Gasteiger partial charge in [-0.3, -0.25) is 4.79 Å². The summed E-state index contributed by atoms with van der Waals surface area (Å²) >= 11 is 3.01. The molecule has 0 radical (unpaired) electrons. The van der Waals surface area contributed by atoms with E-state index in [1.807, 2.05) is 18.2 Å². The number of benzene rings is 1. The van der Waals surface area contributed by atoms with Gasteiger partial charge in [0.2, 0.25) is 6.79 Å².